The molecule has 0 N–H and O–H groups in total. The Hall–Kier alpha value is -3.00. The van der Waals surface area contributed by atoms with Crippen molar-refractivity contribution in [1.82, 2.24) is 4.98 Å². The molecule has 0 saturated heterocycles. The molecule has 5 rings (SSSR count). The molecule has 0 radical (unpaired) electrons. The summed E-state index contributed by atoms with van der Waals surface area (Å²) in [6.07, 6.45) is 9.68. The molecule has 0 amide bonds. The van der Waals surface area contributed by atoms with Gasteiger partial charge in [-0.3, -0.25) is 4.98 Å². The summed E-state index contributed by atoms with van der Waals surface area (Å²) in [5.41, 5.74) is 10.2. The maximum atomic E-state index is 4.83. The van der Waals surface area contributed by atoms with Gasteiger partial charge < -0.3 is 0 Å². The van der Waals surface area contributed by atoms with Gasteiger partial charge in [0.1, 0.15) is 7.05 Å². The van der Waals surface area contributed by atoms with Crippen molar-refractivity contribution in [2.45, 2.75) is 52.4 Å². The minimum atomic E-state index is 0.710. The van der Waals surface area contributed by atoms with E-state index in [4.69, 9.17) is 4.98 Å². The van der Waals surface area contributed by atoms with Gasteiger partial charge in [0.05, 0.1) is 5.69 Å². The van der Waals surface area contributed by atoms with Crippen LogP contribution in [-0.4, -0.2) is 4.98 Å². The van der Waals surface area contributed by atoms with Crippen molar-refractivity contribution in [2.24, 2.45) is 7.05 Å². The van der Waals surface area contributed by atoms with Crippen molar-refractivity contribution in [2.75, 3.05) is 0 Å². The van der Waals surface area contributed by atoms with Crippen molar-refractivity contribution >= 4 is 10.8 Å². The molecular weight excluding hydrogens is 376 g/mol. The normalized spacial score (nSPS) is 14.5. The van der Waals surface area contributed by atoms with E-state index in [1.165, 1.54) is 75.5 Å². The fourth-order valence-corrected chi connectivity index (χ4v) is 5.15. The molecule has 0 spiro atoms. The number of rotatable bonds is 3. The number of hydrogen-bond acceptors (Lipinski definition) is 1. The Morgan fingerprint density at radius 2 is 1.68 bits per heavy atom. The molecule has 2 heteroatoms. The van der Waals surface area contributed by atoms with Crippen LogP contribution in [-0.2, 0) is 7.05 Å². The van der Waals surface area contributed by atoms with Gasteiger partial charge in [0.2, 0.25) is 5.69 Å². The molecule has 1 fully saturated rings. The summed E-state index contributed by atoms with van der Waals surface area (Å²) < 4.78 is 2.25. The van der Waals surface area contributed by atoms with Crippen LogP contribution in [0.15, 0.2) is 60.9 Å². The molecule has 2 aromatic carbocycles. The molecule has 1 aliphatic carbocycles. The summed E-state index contributed by atoms with van der Waals surface area (Å²) >= 11 is 0. The Labute approximate surface area is 185 Å². The second kappa shape index (κ2) is 7.92. The van der Waals surface area contributed by atoms with Gasteiger partial charge >= 0.3 is 0 Å². The highest BCUT2D eigenvalue weighted by molar-refractivity contribution is 5.88. The first kappa shape index (κ1) is 19.9. The number of aromatic nitrogens is 2. The Morgan fingerprint density at radius 3 is 2.42 bits per heavy atom. The zero-order valence-electron chi connectivity index (χ0n) is 19.1. The lowest BCUT2D eigenvalue weighted by molar-refractivity contribution is -0.659. The van der Waals surface area contributed by atoms with Crippen molar-refractivity contribution in [3.8, 4) is 22.5 Å². The van der Waals surface area contributed by atoms with Gasteiger partial charge in [-0.1, -0.05) is 36.6 Å². The largest absolute Gasteiger partial charge is 0.256 e. The number of benzene rings is 2. The lowest BCUT2D eigenvalue weighted by Crippen LogP contribution is -2.30. The highest BCUT2D eigenvalue weighted by Crippen LogP contribution is 2.34. The standard InChI is InChI=1S/C29H31N2/c1-19-13-20(2)21(3)27(14-19)29-16-26-15-23(9-10-25(26)18-31(29)4)28-12-11-24(17-30-28)22-7-5-6-8-22/h9-18,22H,5-8H2,1-4H3/q+1. The number of hydrogen-bond donors (Lipinski definition) is 0. The highest BCUT2D eigenvalue weighted by atomic mass is 14.9. The fourth-order valence-electron chi connectivity index (χ4n) is 5.15. The van der Waals surface area contributed by atoms with Crippen LogP contribution in [0.25, 0.3) is 33.3 Å². The third-order valence-corrected chi connectivity index (χ3v) is 7.09. The molecule has 156 valence electrons. The van der Waals surface area contributed by atoms with Crippen molar-refractivity contribution < 1.29 is 4.57 Å². The second-order valence-corrected chi connectivity index (χ2v) is 9.33. The molecule has 2 heterocycles. The highest BCUT2D eigenvalue weighted by Gasteiger charge is 2.18. The van der Waals surface area contributed by atoms with Crippen LogP contribution >= 0.6 is 0 Å². The summed E-state index contributed by atoms with van der Waals surface area (Å²) in [5, 5.41) is 2.51. The zero-order chi connectivity index (χ0) is 21.5. The van der Waals surface area contributed by atoms with Gasteiger partial charge in [0.25, 0.3) is 0 Å². The molecule has 2 nitrogen and oxygen atoms in total. The average Bonchev–Trinajstić information content (AvgIpc) is 3.31. The Kier molecular flexibility index (Phi) is 5.09. The maximum Gasteiger partial charge on any atom is 0.213 e. The van der Waals surface area contributed by atoms with Gasteiger partial charge in [-0.05, 0) is 85.9 Å². The molecule has 0 bridgehead atoms. The van der Waals surface area contributed by atoms with Crippen LogP contribution in [0.2, 0.25) is 0 Å². The molecule has 0 atom stereocenters. The molecule has 0 unspecified atom stereocenters. The van der Waals surface area contributed by atoms with Crippen molar-refractivity contribution in [3.63, 3.8) is 0 Å². The quantitative estimate of drug-likeness (QED) is 0.335. The molecule has 0 aliphatic heterocycles. The SMILES string of the molecule is Cc1cc(C)c(C)c(-c2cc3cc(-c4ccc(C5CCCC5)cn4)ccc3c[n+]2C)c1. The lowest BCUT2D eigenvalue weighted by Gasteiger charge is -2.11. The predicted molar refractivity (Wildman–Crippen MR) is 129 cm³/mol. The third kappa shape index (κ3) is 3.76. The second-order valence-electron chi connectivity index (χ2n) is 9.33. The van der Waals surface area contributed by atoms with E-state index in [0.717, 1.165) is 5.69 Å². The van der Waals surface area contributed by atoms with E-state index >= 15 is 0 Å². The van der Waals surface area contributed by atoms with Crippen molar-refractivity contribution in [1.29, 1.82) is 0 Å². The van der Waals surface area contributed by atoms with E-state index in [0.29, 0.717) is 5.92 Å². The number of pyridine rings is 2. The Balaban J connectivity index is 1.56. The van der Waals surface area contributed by atoms with Crippen molar-refractivity contribution in [3.05, 3.63) is 83.2 Å². The Morgan fingerprint density at radius 1 is 0.871 bits per heavy atom. The van der Waals surface area contributed by atoms with E-state index in [1.807, 2.05) is 0 Å². The van der Waals surface area contributed by atoms with Crippen LogP contribution in [0, 0.1) is 20.8 Å². The summed E-state index contributed by atoms with van der Waals surface area (Å²) in [7, 11) is 2.14. The topological polar surface area (TPSA) is 16.8 Å². The summed E-state index contributed by atoms with van der Waals surface area (Å²) in [5.74, 6) is 0.710. The average molecular weight is 408 g/mol. The molecule has 1 saturated carbocycles. The summed E-state index contributed by atoms with van der Waals surface area (Å²) in [6, 6.07) is 18.1. The molecular formula is C29H31N2+. The van der Waals surface area contributed by atoms with Gasteiger partial charge in [-0.15, -0.1) is 0 Å². The van der Waals surface area contributed by atoms with Gasteiger partial charge in [-0.25, -0.2) is 4.57 Å². The molecule has 31 heavy (non-hydrogen) atoms. The smallest absolute Gasteiger partial charge is 0.213 e. The summed E-state index contributed by atoms with van der Waals surface area (Å²) in [4.78, 5) is 4.83. The minimum absolute atomic E-state index is 0.710. The van der Waals surface area contributed by atoms with Crippen LogP contribution in [0.5, 0.6) is 0 Å². The van der Waals surface area contributed by atoms with E-state index in [9.17, 15) is 0 Å². The number of aryl methyl sites for hydroxylation is 3. The van der Waals surface area contributed by atoms with E-state index in [2.05, 4.69) is 93.3 Å². The van der Waals surface area contributed by atoms with Gasteiger partial charge in [0.15, 0.2) is 6.20 Å². The fraction of sp³-hybridized carbons (Fsp3) is 0.310. The first-order valence-corrected chi connectivity index (χ1v) is 11.5. The lowest BCUT2D eigenvalue weighted by atomic mass is 9.95. The van der Waals surface area contributed by atoms with E-state index in [-0.39, 0.29) is 0 Å². The predicted octanol–water partition coefficient (Wildman–Crippen LogP) is 6.98. The van der Waals surface area contributed by atoms with E-state index in [1.54, 1.807) is 0 Å². The monoisotopic (exact) mass is 407 g/mol. The van der Waals surface area contributed by atoms with Crippen LogP contribution in [0.3, 0.4) is 0 Å². The number of fused-ring (bicyclic) bond motifs is 1. The first-order chi connectivity index (χ1) is 15.0. The molecule has 4 aromatic rings. The van der Waals surface area contributed by atoms with Gasteiger partial charge in [-0.2, -0.15) is 0 Å². The van der Waals surface area contributed by atoms with Gasteiger partial charge in [0, 0.05) is 28.8 Å². The third-order valence-electron chi connectivity index (χ3n) is 7.09. The summed E-state index contributed by atoms with van der Waals surface area (Å²) in [6.45, 7) is 6.60. The maximum absolute atomic E-state index is 4.83. The van der Waals surface area contributed by atoms with Crippen LogP contribution in [0.1, 0.15) is 53.9 Å². The molecule has 1 aliphatic rings. The Bertz CT molecular complexity index is 1260. The minimum Gasteiger partial charge on any atom is -0.256 e. The van der Waals surface area contributed by atoms with E-state index < -0.39 is 0 Å². The molecule has 2 aromatic heterocycles. The zero-order valence-corrected chi connectivity index (χ0v) is 19.1. The van der Waals surface area contributed by atoms with Crippen LogP contribution in [0.4, 0.5) is 0 Å². The van der Waals surface area contributed by atoms with Crippen LogP contribution < -0.4 is 4.57 Å². The number of nitrogens with zero attached hydrogens (tertiary/aromatic N) is 2. The first-order valence-electron chi connectivity index (χ1n) is 11.5.